The highest BCUT2D eigenvalue weighted by atomic mass is 16.5. The van der Waals surface area contributed by atoms with Crippen molar-refractivity contribution < 1.29 is 28.5 Å². The van der Waals surface area contributed by atoms with Crippen LogP contribution in [-0.4, -0.2) is 31.8 Å². The van der Waals surface area contributed by atoms with Gasteiger partial charge in [-0.15, -0.1) is 0 Å². The number of hydrogen-bond donors (Lipinski definition) is 0. The lowest BCUT2D eigenvalue weighted by atomic mass is 10.1. The summed E-state index contributed by atoms with van der Waals surface area (Å²) in [6.45, 7) is 7.29. The van der Waals surface area contributed by atoms with Crippen LogP contribution in [0.3, 0.4) is 0 Å². The molecule has 6 nitrogen and oxygen atoms in total. The quantitative estimate of drug-likeness (QED) is 0.0790. The summed E-state index contributed by atoms with van der Waals surface area (Å²) in [4.78, 5) is 23.6. The van der Waals surface area contributed by atoms with Crippen LogP contribution in [-0.2, 0) is 9.53 Å². The molecule has 0 N–H and O–H groups in total. The molecular weight excluding hydrogens is 480 g/mol. The van der Waals surface area contributed by atoms with E-state index in [1.54, 1.807) is 30.3 Å². The Morgan fingerprint density at radius 1 is 0.684 bits per heavy atom. The second kappa shape index (κ2) is 16.1. The molecule has 0 unspecified atom stereocenters. The number of carbonyl (C=O) groups excluding carboxylic acids is 2. The van der Waals surface area contributed by atoms with Gasteiger partial charge in [-0.3, -0.25) is 0 Å². The minimum atomic E-state index is -0.417. The molecule has 0 aliphatic carbocycles. The molecule has 6 heteroatoms. The number of carbonyl (C=O) groups is 2. The van der Waals surface area contributed by atoms with Gasteiger partial charge in [0.25, 0.3) is 0 Å². The van der Waals surface area contributed by atoms with Crippen molar-refractivity contribution in [1.82, 2.24) is 0 Å². The molecule has 0 aliphatic heterocycles. The third-order valence-corrected chi connectivity index (χ3v) is 6.07. The summed E-state index contributed by atoms with van der Waals surface area (Å²) < 4.78 is 22.2. The molecule has 0 heterocycles. The highest BCUT2D eigenvalue weighted by Gasteiger charge is 2.10. The summed E-state index contributed by atoms with van der Waals surface area (Å²) in [5, 5.41) is 2.02. The van der Waals surface area contributed by atoms with Crippen molar-refractivity contribution in [2.75, 3.05) is 19.8 Å². The Balaban J connectivity index is 1.40. The smallest absolute Gasteiger partial charge is 0.343 e. The molecule has 0 fully saturated rings. The molecule has 0 atom stereocenters. The maximum Gasteiger partial charge on any atom is 0.343 e. The Bertz CT molecular complexity index is 1170. The van der Waals surface area contributed by atoms with E-state index < -0.39 is 5.97 Å². The first-order valence-electron chi connectivity index (χ1n) is 13.5. The zero-order chi connectivity index (χ0) is 27.0. The van der Waals surface area contributed by atoms with E-state index in [0.717, 1.165) is 55.2 Å². The molecule has 0 aliphatic rings. The van der Waals surface area contributed by atoms with Crippen molar-refractivity contribution in [3.05, 3.63) is 78.9 Å². The fourth-order valence-electron chi connectivity index (χ4n) is 3.91. The number of unbranched alkanes of at least 4 members (excludes halogenated alkanes) is 6. The van der Waals surface area contributed by atoms with E-state index in [0.29, 0.717) is 30.3 Å². The molecule has 0 spiro atoms. The van der Waals surface area contributed by atoms with Crippen LogP contribution < -0.4 is 14.2 Å². The van der Waals surface area contributed by atoms with Crippen molar-refractivity contribution in [3.8, 4) is 17.2 Å². The average Bonchev–Trinajstić information content (AvgIpc) is 2.94. The number of esters is 2. The van der Waals surface area contributed by atoms with E-state index in [-0.39, 0.29) is 5.97 Å². The Morgan fingerprint density at radius 2 is 1.24 bits per heavy atom. The summed E-state index contributed by atoms with van der Waals surface area (Å²) in [6, 6.07) is 18.5. The van der Waals surface area contributed by atoms with Gasteiger partial charge in [0, 0.05) is 6.08 Å². The van der Waals surface area contributed by atoms with Gasteiger partial charge in [-0.2, -0.15) is 0 Å². The molecule has 3 aromatic carbocycles. The molecule has 3 rings (SSSR count). The fourth-order valence-corrected chi connectivity index (χ4v) is 3.91. The standard InChI is InChI=1S/C32H38O6/c1-3-5-6-9-21-36-29-18-14-27-24-30(19-15-26(27)23-29)38-32(34)25-12-16-28(17-13-25)35-20-10-7-8-11-22-37-31(33)4-2/h4,12-19,23-24H,2-3,5-11,20-22H2,1H3. The maximum absolute atomic E-state index is 12.6. The Hall–Kier alpha value is -3.80. The first kappa shape index (κ1) is 28.8. The molecule has 38 heavy (non-hydrogen) atoms. The highest BCUT2D eigenvalue weighted by Crippen LogP contribution is 2.26. The van der Waals surface area contributed by atoms with Crippen LogP contribution in [0.4, 0.5) is 0 Å². The van der Waals surface area contributed by atoms with E-state index in [4.69, 9.17) is 18.9 Å². The van der Waals surface area contributed by atoms with Crippen molar-refractivity contribution in [3.63, 3.8) is 0 Å². The van der Waals surface area contributed by atoms with Gasteiger partial charge in [-0.25, -0.2) is 9.59 Å². The lowest BCUT2D eigenvalue weighted by Gasteiger charge is -2.09. The van der Waals surface area contributed by atoms with Crippen LogP contribution in [0.2, 0.25) is 0 Å². The largest absolute Gasteiger partial charge is 0.494 e. The lowest BCUT2D eigenvalue weighted by Crippen LogP contribution is -2.08. The molecule has 0 amide bonds. The Labute approximate surface area is 225 Å². The van der Waals surface area contributed by atoms with Gasteiger partial charge in [-0.05, 0) is 91.4 Å². The van der Waals surface area contributed by atoms with Crippen molar-refractivity contribution in [2.45, 2.75) is 58.3 Å². The van der Waals surface area contributed by atoms with E-state index in [1.165, 1.54) is 25.3 Å². The van der Waals surface area contributed by atoms with Crippen molar-refractivity contribution in [2.24, 2.45) is 0 Å². The summed E-state index contributed by atoms with van der Waals surface area (Å²) in [6.07, 6.45) is 9.53. The second-order valence-electron chi connectivity index (χ2n) is 9.13. The topological polar surface area (TPSA) is 71.1 Å². The maximum atomic E-state index is 12.6. The van der Waals surface area contributed by atoms with E-state index in [2.05, 4.69) is 13.5 Å². The molecule has 0 radical (unpaired) electrons. The zero-order valence-electron chi connectivity index (χ0n) is 22.3. The van der Waals surface area contributed by atoms with E-state index in [1.807, 2.05) is 30.3 Å². The molecular formula is C32H38O6. The SMILES string of the molecule is C=CC(=O)OCCCCCCOc1ccc(C(=O)Oc2ccc3cc(OCCCCCC)ccc3c2)cc1. The number of fused-ring (bicyclic) bond motifs is 1. The summed E-state index contributed by atoms with van der Waals surface area (Å²) in [5.41, 5.74) is 0.457. The minimum Gasteiger partial charge on any atom is -0.494 e. The normalized spacial score (nSPS) is 10.7. The average molecular weight is 519 g/mol. The Kier molecular flexibility index (Phi) is 12.2. The minimum absolute atomic E-state index is 0.384. The van der Waals surface area contributed by atoms with Gasteiger partial charge < -0.3 is 18.9 Å². The third-order valence-electron chi connectivity index (χ3n) is 6.07. The van der Waals surface area contributed by atoms with Crippen LogP contribution >= 0.6 is 0 Å². The van der Waals surface area contributed by atoms with Crippen LogP contribution in [0.25, 0.3) is 10.8 Å². The van der Waals surface area contributed by atoms with Gasteiger partial charge in [0.05, 0.1) is 25.4 Å². The highest BCUT2D eigenvalue weighted by molar-refractivity contribution is 5.92. The van der Waals surface area contributed by atoms with Crippen LogP contribution in [0.1, 0.15) is 68.6 Å². The molecule has 0 bridgehead atoms. The first-order valence-corrected chi connectivity index (χ1v) is 13.5. The monoisotopic (exact) mass is 518 g/mol. The van der Waals surface area contributed by atoms with Gasteiger partial charge in [-0.1, -0.05) is 44.9 Å². The number of hydrogen-bond acceptors (Lipinski definition) is 6. The van der Waals surface area contributed by atoms with Crippen LogP contribution in [0, 0.1) is 0 Å². The Morgan fingerprint density at radius 3 is 1.89 bits per heavy atom. The molecule has 0 saturated heterocycles. The van der Waals surface area contributed by atoms with Gasteiger partial charge in [0.2, 0.25) is 0 Å². The second-order valence-corrected chi connectivity index (χ2v) is 9.13. The van der Waals surface area contributed by atoms with E-state index >= 15 is 0 Å². The van der Waals surface area contributed by atoms with Crippen molar-refractivity contribution in [1.29, 1.82) is 0 Å². The predicted octanol–water partition coefficient (Wildman–Crippen LogP) is 7.69. The first-order chi connectivity index (χ1) is 18.6. The lowest BCUT2D eigenvalue weighted by molar-refractivity contribution is -0.137. The molecule has 0 saturated carbocycles. The number of benzene rings is 3. The summed E-state index contributed by atoms with van der Waals surface area (Å²) in [5.74, 6) is 1.25. The number of ether oxygens (including phenoxy) is 4. The molecule has 3 aromatic rings. The summed E-state index contributed by atoms with van der Waals surface area (Å²) >= 11 is 0. The number of rotatable bonds is 17. The third kappa shape index (κ3) is 9.92. The van der Waals surface area contributed by atoms with Gasteiger partial charge in [0.1, 0.15) is 17.2 Å². The molecule has 202 valence electrons. The zero-order valence-corrected chi connectivity index (χ0v) is 22.3. The summed E-state index contributed by atoms with van der Waals surface area (Å²) in [7, 11) is 0. The van der Waals surface area contributed by atoms with Crippen molar-refractivity contribution >= 4 is 22.7 Å². The van der Waals surface area contributed by atoms with Gasteiger partial charge >= 0.3 is 11.9 Å². The van der Waals surface area contributed by atoms with Crippen LogP contribution in [0.15, 0.2) is 73.3 Å². The predicted molar refractivity (Wildman–Crippen MR) is 150 cm³/mol. The molecule has 0 aromatic heterocycles. The van der Waals surface area contributed by atoms with Crippen LogP contribution in [0.5, 0.6) is 17.2 Å². The fraction of sp³-hybridized carbons (Fsp3) is 0.375. The van der Waals surface area contributed by atoms with Gasteiger partial charge in [0.15, 0.2) is 0 Å². The van der Waals surface area contributed by atoms with E-state index in [9.17, 15) is 9.59 Å².